The Morgan fingerprint density at radius 2 is 1.00 bits per heavy atom. The molecule has 0 aliphatic heterocycles. The van der Waals surface area contributed by atoms with E-state index in [0.29, 0.717) is 5.41 Å². The van der Waals surface area contributed by atoms with Crippen molar-refractivity contribution < 1.29 is 26.2 Å². The summed E-state index contributed by atoms with van der Waals surface area (Å²) in [6.07, 6.45) is 1.18. The Labute approximate surface area is 165 Å². The Morgan fingerprint density at radius 3 is 1.17 bits per heavy atom. The Hall–Kier alpha value is 0.113. The van der Waals surface area contributed by atoms with Crippen molar-refractivity contribution in [2.24, 2.45) is 5.41 Å². The topological polar surface area (TPSA) is 42.3 Å². The maximum absolute atomic E-state index is 3.74. The van der Waals surface area contributed by atoms with Crippen LogP contribution in [0.5, 0.6) is 0 Å². The van der Waals surface area contributed by atoms with Gasteiger partial charge in [-0.3, -0.25) is 0 Å². The Balaban J connectivity index is -0.000000118. The van der Waals surface area contributed by atoms with Crippen molar-refractivity contribution in [1.29, 1.82) is 0 Å². The van der Waals surface area contributed by atoms with E-state index in [9.17, 15) is 0 Å². The van der Waals surface area contributed by atoms with Gasteiger partial charge in [0.1, 0.15) is 0 Å². The molecule has 0 radical (unpaired) electrons. The second kappa shape index (κ2) is 24.4. The van der Waals surface area contributed by atoms with Crippen LogP contribution >= 0.6 is 0 Å². The van der Waals surface area contributed by atoms with Gasteiger partial charge in [0.05, 0.1) is 0 Å². The van der Waals surface area contributed by atoms with Crippen molar-refractivity contribution in [3.8, 4) is 0 Å². The Bertz CT molecular complexity index is 251. The largest absolute Gasteiger partial charge is 4.00 e. The second-order valence-electron chi connectivity index (χ2n) is 5.93. The molecule has 1 aromatic carbocycles. The first kappa shape index (κ1) is 30.9. The Morgan fingerprint density at radius 1 is 0.739 bits per heavy atom. The van der Waals surface area contributed by atoms with Crippen LogP contribution in [-0.4, -0.2) is 40.8 Å². The van der Waals surface area contributed by atoms with E-state index in [4.69, 9.17) is 0 Å². The van der Waals surface area contributed by atoms with Gasteiger partial charge in [0.2, 0.25) is 0 Å². The van der Waals surface area contributed by atoms with E-state index in [2.05, 4.69) is 61.0 Å². The van der Waals surface area contributed by atoms with E-state index in [-0.39, 0.29) is 26.2 Å². The van der Waals surface area contributed by atoms with Crippen LogP contribution in [0.15, 0.2) is 24.3 Å². The average Bonchev–Trinajstić information content (AvgIpc) is 2.98. The summed E-state index contributed by atoms with van der Waals surface area (Å²) in [5.41, 5.74) is 1.88. The minimum absolute atomic E-state index is 0. The fourth-order valence-corrected chi connectivity index (χ4v) is 1.14. The molecule has 23 heavy (non-hydrogen) atoms. The summed E-state index contributed by atoms with van der Waals surface area (Å²) in [5, 5.41) is 11.2. The molecule has 0 heterocycles. The third-order valence-corrected chi connectivity index (χ3v) is 2.41. The molecule has 0 N–H and O–H groups in total. The summed E-state index contributed by atoms with van der Waals surface area (Å²) in [4.78, 5) is 0. The summed E-state index contributed by atoms with van der Waals surface area (Å²) < 4.78 is 0. The fraction of sp³-hybridized carbons (Fsp3) is 0.737. The van der Waals surface area contributed by atoms with Crippen LogP contribution in [0, 0.1) is 5.41 Å². The van der Waals surface area contributed by atoms with E-state index in [1.807, 2.05) is 20.8 Å². The number of nitrogens with zero attached hydrogens (tertiary/aromatic N) is 3. The molecular weight excluding hydrogens is 361 g/mol. The van der Waals surface area contributed by atoms with Crippen LogP contribution < -0.4 is 0 Å². The van der Waals surface area contributed by atoms with Gasteiger partial charge in [-0.2, -0.15) is 58.5 Å². The molecule has 0 spiro atoms. The first-order chi connectivity index (χ1) is 10.3. The molecule has 0 saturated heterocycles. The average molecular weight is 401 g/mol. The van der Waals surface area contributed by atoms with Crippen molar-refractivity contribution in [2.45, 2.75) is 48.0 Å². The van der Waals surface area contributed by atoms with Gasteiger partial charge in [0, 0.05) is 0 Å². The SMILES string of the molecule is CC(C)(C)C[c-]1cccc1.CC[N-]C.CC[N-]C.CC[N-]C.[Zr+4]. The first-order valence-corrected chi connectivity index (χ1v) is 8.20. The van der Waals surface area contributed by atoms with E-state index < -0.39 is 0 Å². The molecule has 0 aliphatic carbocycles. The van der Waals surface area contributed by atoms with Gasteiger partial charge in [-0.05, 0) is 5.41 Å². The van der Waals surface area contributed by atoms with Crippen molar-refractivity contribution in [3.63, 3.8) is 0 Å². The van der Waals surface area contributed by atoms with Crippen molar-refractivity contribution in [2.75, 3.05) is 40.8 Å². The maximum atomic E-state index is 3.74. The maximum Gasteiger partial charge on any atom is 4.00 e. The summed E-state index contributed by atoms with van der Waals surface area (Å²) in [6.45, 7) is 15.7. The fourth-order valence-electron chi connectivity index (χ4n) is 1.14. The standard InChI is InChI=1S/C10H15.3C3H8N.Zr/c1-10(2,3)8-9-6-4-5-7-9;3*1-3-4-2;/h4-7H,8H2,1-3H3;3*3H2,1-2H3;/q4*-1;+4. The predicted molar refractivity (Wildman–Crippen MR) is 105 cm³/mol. The molecule has 4 heteroatoms. The third-order valence-electron chi connectivity index (χ3n) is 2.41. The molecule has 1 rings (SSSR count). The second-order valence-corrected chi connectivity index (χ2v) is 5.93. The van der Waals surface area contributed by atoms with Crippen LogP contribution in [0.25, 0.3) is 16.0 Å². The number of rotatable bonds is 4. The molecular formula is C19H39N3Zr. The zero-order valence-corrected chi connectivity index (χ0v) is 19.4. The van der Waals surface area contributed by atoms with E-state index in [0.717, 1.165) is 19.6 Å². The first-order valence-electron chi connectivity index (χ1n) is 8.20. The van der Waals surface area contributed by atoms with Gasteiger partial charge in [0.25, 0.3) is 0 Å². The molecule has 0 fully saturated rings. The smallest absolute Gasteiger partial charge is 0.665 e. The minimum Gasteiger partial charge on any atom is -0.665 e. The van der Waals surface area contributed by atoms with Crippen LogP contribution in [-0.2, 0) is 32.6 Å². The summed E-state index contributed by atoms with van der Waals surface area (Å²) in [7, 11) is 5.42. The molecule has 0 amide bonds. The van der Waals surface area contributed by atoms with Gasteiger partial charge in [-0.15, -0.1) is 0 Å². The van der Waals surface area contributed by atoms with Gasteiger partial charge in [-0.25, -0.2) is 12.1 Å². The molecule has 0 bridgehead atoms. The van der Waals surface area contributed by atoms with Gasteiger partial charge < -0.3 is 16.0 Å². The van der Waals surface area contributed by atoms with Crippen molar-refractivity contribution in [1.82, 2.24) is 0 Å². The van der Waals surface area contributed by atoms with Gasteiger partial charge >= 0.3 is 26.2 Å². The summed E-state index contributed by atoms with van der Waals surface area (Å²) in [5.74, 6) is 0. The molecule has 0 unspecified atom stereocenters. The Kier molecular flexibility index (Phi) is 32.8. The van der Waals surface area contributed by atoms with Crippen molar-refractivity contribution in [3.05, 3.63) is 45.8 Å². The quantitative estimate of drug-likeness (QED) is 0.554. The van der Waals surface area contributed by atoms with Gasteiger partial charge in [0.15, 0.2) is 0 Å². The number of hydrogen-bond acceptors (Lipinski definition) is 0. The van der Waals surface area contributed by atoms with Crippen LogP contribution in [0.1, 0.15) is 47.1 Å². The molecule has 3 nitrogen and oxygen atoms in total. The molecule has 0 saturated carbocycles. The van der Waals surface area contributed by atoms with E-state index in [1.165, 1.54) is 12.0 Å². The minimum atomic E-state index is 0. The summed E-state index contributed by atoms with van der Waals surface area (Å²) >= 11 is 0. The third kappa shape index (κ3) is 39.2. The summed E-state index contributed by atoms with van der Waals surface area (Å²) in [6, 6.07) is 8.57. The van der Waals surface area contributed by atoms with Gasteiger partial charge in [-0.1, -0.05) is 48.0 Å². The molecule has 134 valence electrons. The number of hydrogen-bond donors (Lipinski definition) is 0. The van der Waals surface area contributed by atoms with Crippen LogP contribution in [0.3, 0.4) is 0 Å². The molecule has 0 aromatic heterocycles. The zero-order chi connectivity index (χ0) is 17.9. The monoisotopic (exact) mass is 399 g/mol. The normalized spacial score (nSPS) is 9.09. The molecule has 0 aliphatic rings. The molecule has 1 aromatic rings. The zero-order valence-electron chi connectivity index (χ0n) is 17.0. The molecule has 0 atom stereocenters. The predicted octanol–water partition coefficient (Wildman–Crippen LogP) is 6.02. The van der Waals surface area contributed by atoms with E-state index >= 15 is 0 Å². The van der Waals surface area contributed by atoms with Crippen LogP contribution in [0.2, 0.25) is 0 Å². The van der Waals surface area contributed by atoms with Crippen molar-refractivity contribution >= 4 is 0 Å². The van der Waals surface area contributed by atoms with E-state index in [1.54, 1.807) is 21.1 Å². The van der Waals surface area contributed by atoms with Crippen LogP contribution in [0.4, 0.5) is 0 Å².